The van der Waals surface area contributed by atoms with E-state index in [0.717, 1.165) is 15.3 Å². The SMILES string of the molecule is CCC(Sc1cccc(NC(=O)/C(=C/c2cccs2)NC(=O)c2ccccc2)c1)C(=O)Nc1cccc(Cl)c1C. The molecule has 1 aromatic heterocycles. The molecule has 3 aromatic carbocycles. The maximum atomic E-state index is 13.3. The van der Waals surface area contributed by atoms with Crippen molar-refractivity contribution in [3.63, 3.8) is 0 Å². The Kier molecular flexibility index (Phi) is 10.2. The zero-order valence-corrected chi connectivity index (χ0v) is 24.3. The molecule has 0 aliphatic carbocycles. The van der Waals surface area contributed by atoms with Crippen LogP contribution in [-0.4, -0.2) is 23.0 Å². The predicted octanol–water partition coefficient (Wildman–Crippen LogP) is 7.63. The topological polar surface area (TPSA) is 87.3 Å². The Balaban J connectivity index is 1.47. The van der Waals surface area contributed by atoms with Crippen LogP contribution in [0.5, 0.6) is 0 Å². The van der Waals surface area contributed by atoms with Crippen molar-refractivity contribution in [1.29, 1.82) is 0 Å². The van der Waals surface area contributed by atoms with Crippen LogP contribution >= 0.6 is 34.7 Å². The average Bonchev–Trinajstić information content (AvgIpc) is 3.47. The fourth-order valence-corrected chi connectivity index (χ4v) is 5.59. The van der Waals surface area contributed by atoms with Crippen molar-refractivity contribution < 1.29 is 14.4 Å². The quantitative estimate of drug-likeness (QED) is 0.131. The van der Waals surface area contributed by atoms with Gasteiger partial charge in [0, 0.05) is 31.7 Å². The van der Waals surface area contributed by atoms with Crippen molar-refractivity contribution in [2.24, 2.45) is 0 Å². The summed E-state index contributed by atoms with van der Waals surface area (Å²) in [6, 6.07) is 25.1. The Morgan fingerprint density at radius 3 is 2.45 bits per heavy atom. The number of thioether (sulfide) groups is 1. The molecule has 1 atom stereocenters. The number of carbonyl (C=O) groups is 3. The molecule has 0 aliphatic heterocycles. The highest BCUT2D eigenvalue weighted by molar-refractivity contribution is 8.00. The highest BCUT2D eigenvalue weighted by Gasteiger charge is 2.20. The largest absolute Gasteiger partial charge is 0.325 e. The zero-order valence-electron chi connectivity index (χ0n) is 21.9. The fourth-order valence-electron chi connectivity index (χ4n) is 3.75. The first kappa shape index (κ1) is 29.1. The highest BCUT2D eigenvalue weighted by atomic mass is 35.5. The van der Waals surface area contributed by atoms with Gasteiger partial charge in [0.2, 0.25) is 5.91 Å². The molecule has 4 aromatic rings. The highest BCUT2D eigenvalue weighted by Crippen LogP contribution is 2.30. The molecule has 0 saturated carbocycles. The molecule has 0 bridgehead atoms. The van der Waals surface area contributed by atoms with Crippen LogP contribution in [0.1, 0.15) is 34.1 Å². The van der Waals surface area contributed by atoms with Crippen LogP contribution in [0, 0.1) is 6.92 Å². The first-order chi connectivity index (χ1) is 19.3. The van der Waals surface area contributed by atoms with Gasteiger partial charge in [-0.2, -0.15) is 0 Å². The zero-order chi connectivity index (χ0) is 28.5. The van der Waals surface area contributed by atoms with Crippen molar-refractivity contribution in [3.05, 3.63) is 117 Å². The molecule has 3 amide bonds. The number of rotatable bonds is 10. The van der Waals surface area contributed by atoms with E-state index >= 15 is 0 Å². The minimum Gasteiger partial charge on any atom is -0.325 e. The number of benzene rings is 3. The Morgan fingerprint density at radius 1 is 0.950 bits per heavy atom. The summed E-state index contributed by atoms with van der Waals surface area (Å²) in [5.41, 5.74) is 2.61. The number of halogens is 1. The van der Waals surface area contributed by atoms with Gasteiger partial charge >= 0.3 is 0 Å². The molecule has 3 N–H and O–H groups in total. The van der Waals surface area contributed by atoms with Crippen LogP contribution in [0.3, 0.4) is 0 Å². The Morgan fingerprint density at radius 2 is 1.73 bits per heavy atom. The van der Waals surface area contributed by atoms with Crippen LogP contribution in [-0.2, 0) is 9.59 Å². The third kappa shape index (κ3) is 7.85. The summed E-state index contributed by atoms with van der Waals surface area (Å²) in [7, 11) is 0. The van der Waals surface area contributed by atoms with Crippen molar-refractivity contribution >= 4 is 69.9 Å². The second-order valence-electron chi connectivity index (χ2n) is 8.79. The molecule has 0 spiro atoms. The van der Waals surface area contributed by atoms with E-state index in [1.807, 2.05) is 61.7 Å². The maximum Gasteiger partial charge on any atom is 0.272 e. The Labute approximate surface area is 246 Å². The standard InChI is InChI=1S/C31H28ClN3O3S2/c1-3-28(31(38)34-26-16-8-15-25(32)20(26)2)40-24-13-7-12-22(18-24)33-30(37)27(19-23-14-9-17-39-23)35-29(36)21-10-5-4-6-11-21/h4-19,28H,3H2,1-2H3,(H,33,37)(H,34,38)(H,35,36)/b27-19-. The molecule has 4 rings (SSSR count). The monoisotopic (exact) mass is 589 g/mol. The number of carbonyl (C=O) groups excluding carboxylic acids is 3. The van der Waals surface area contributed by atoms with Gasteiger partial charge in [-0.15, -0.1) is 23.1 Å². The second kappa shape index (κ2) is 14.0. The summed E-state index contributed by atoms with van der Waals surface area (Å²) < 4.78 is 0. The summed E-state index contributed by atoms with van der Waals surface area (Å²) in [6.07, 6.45) is 2.25. The van der Waals surface area contributed by atoms with Gasteiger partial charge in [-0.25, -0.2) is 0 Å². The minimum absolute atomic E-state index is 0.122. The molecule has 0 fully saturated rings. The van der Waals surface area contributed by atoms with E-state index in [2.05, 4.69) is 16.0 Å². The number of nitrogens with one attached hydrogen (secondary N) is 3. The van der Waals surface area contributed by atoms with Crippen LogP contribution < -0.4 is 16.0 Å². The van der Waals surface area contributed by atoms with E-state index < -0.39 is 5.91 Å². The number of thiophene rings is 1. The lowest BCUT2D eigenvalue weighted by Crippen LogP contribution is -2.30. The van der Waals surface area contributed by atoms with E-state index in [9.17, 15) is 14.4 Å². The first-order valence-corrected chi connectivity index (χ1v) is 14.7. The summed E-state index contributed by atoms with van der Waals surface area (Å²) in [4.78, 5) is 40.8. The van der Waals surface area contributed by atoms with Crippen LogP contribution in [0.15, 0.2) is 101 Å². The third-order valence-electron chi connectivity index (χ3n) is 5.92. The van der Waals surface area contributed by atoms with Gasteiger partial charge in [-0.3, -0.25) is 14.4 Å². The minimum atomic E-state index is -0.457. The van der Waals surface area contributed by atoms with Gasteiger partial charge in [0.05, 0.1) is 5.25 Å². The number of hydrogen-bond donors (Lipinski definition) is 3. The van der Waals surface area contributed by atoms with E-state index in [1.54, 1.807) is 48.5 Å². The molecule has 0 saturated heterocycles. The van der Waals surface area contributed by atoms with Crippen LogP contribution in [0.25, 0.3) is 6.08 Å². The van der Waals surface area contributed by atoms with Crippen LogP contribution in [0.4, 0.5) is 11.4 Å². The van der Waals surface area contributed by atoms with E-state index in [-0.39, 0.29) is 22.8 Å². The lowest BCUT2D eigenvalue weighted by molar-refractivity contribution is -0.116. The van der Waals surface area contributed by atoms with Crippen molar-refractivity contribution in [2.75, 3.05) is 10.6 Å². The lowest BCUT2D eigenvalue weighted by atomic mass is 10.2. The Hall–Kier alpha value is -3.85. The lowest BCUT2D eigenvalue weighted by Gasteiger charge is -2.17. The summed E-state index contributed by atoms with van der Waals surface area (Å²) in [5.74, 6) is -0.965. The molecule has 40 heavy (non-hydrogen) atoms. The molecular weight excluding hydrogens is 562 g/mol. The molecule has 1 heterocycles. The molecule has 9 heteroatoms. The molecule has 1 unspecified atom stereocenters. The fraction of sp³-hybridized carbons (Fsp3) is 0.129. The molecular formula is C31H28ClN3O3S2. The normalized spacial score (nSPS) is 11.9. The first-order valence-electron chi connectivity index (χ1n) is 12.6. The van der Waals surface area contributed by atoms with Gasteiger partial charge in [0.1, 0.15) is 5.70 Å². The smallest absolute Gasteiger partial charge is 0.272 e. The number of anilines is 2. The number of amides is 3. The summed E-state index contributed by atoms with van der Waals surface area (Å²) in [5, 5.41) is 10.7. The average molecular weight is 590 g/mol. The molecule has 204 valence electrons. The maximum absolute atomic E-state index is 13.3. The van der Waals surface area contributed by atoms with Gasteiger partial charge in [0.15, 0.2) is 0 Å². The van der Waals surface area contributed by atoms with E-state index in [0.29, 0.717) is 28.4 Å². The summed E-state index contributed by atoms with van der Waals surface area (Å²) >= 11 is 9.07. The van der Waals surface area contributed by atoms with E-state index in [4.69, 9.17) is 11.6 Å². The molecule has 6 nitrogen and oxygen atoms in total. The summed E-state index contributed by atoms with van der Waals surface area (Å²) in [6.45, 7) is 3.81. The van der Waals surface area contributed by atoms with E-state index in [1.165, 1.54) is 23.1 Å². The predicted molar refractivity (Wildman–Crippen MR) is 166 cm³/mol. The van der Waals surface area contributed by atoms with Gasteiger partial charge in [-0.1, -0.05) is 54.9 Å². The third-order valence-corrected chi connectivity index (χ3v) is 8.50. The van der Waals surface area contributed by atoms with Gasteiger partial charge in [-0.05, 0) is 78.9 Å². The van der Waals surface area contributed by atoms with Crippen LogP contribution in [0.2, 0.25) is 5.02 Å². The van der Waals surface area contributed by atoms with Crippen molar-refractivity contribution in [1.82, 2.24) is 5.32 Å². The van der Waals surface area contributed by atoms with Crippen molar-refractivity contribution in [3.8, 4) is 0 Å². The molecule has 0 aliphatic rings. The van der Waals surface area contributed by atoms with Crippen molar-refractivity contribution in [2.45, 2.75) is 30.4 Å². The van der Waals surface area contributed by atoms with Gasteiger partial charge in [0.25, 0.3) is 11.8 Å². The Bertz CT molecular complexity index is 1520. The van der Waals surface area contributed by atoms with Gasteiger partial charge < -0.3 is 16.0 Å². The second-order valence-corrected chi connectivity index (χ2v) is 11.5. The molecule has 0 radical (unpaired) electrons. The number of hydrogen-bond acceptors (Lipinski definition) is 5.